The van der Waals surface area contributed by atoms with Crippen molar-refractivity contribution < 1.29 is 45.7 Å². The normalized spacial score (nSPS) is 27.9. The number of benzene rings is 1. The molecule has 1 aliphatic carbocycles. The number of carbonyl (C=O) groups is 1. The van der Waals surface area contributed by atoms with Crippen LogP contribution in [0, 0.1) is 5.41 Å². The van der Waals surface area contributed by atoms with Crippen molar-refractivity contribution in [1.82, 2.24) is 0 Å². The molecule has 0 aromatic heterocycles. The number of carbonyl (C=O) groups excluding carboxylic acids is 1. The van der Waals surface area contributed by atoms with Crippen molar-refractivity contribution in [1.29, 1.82) is 0 Å². The molecule has 0 unspecified atom stereocenters. The van der Waals surface area contributed by atoms with Crippen LogP contribution in [0.25, 0.3) is 0 Å². The van der Waals surface area contributed by atoms with Crippen LogP contribution in [0.4, 0.5) is 32.0 Å². The van der Waals surface area contributed by atoms with Gasteiger partial charge in [0.2, 0.25) is 5.91 Å². The molecule has 1 aromatic rings. The van der Waals surface area contributed by atoms with Gasteiger partial charge in [-0.2, -0.15) is 26.3 Å². The molecule has 1 spiro atoms. The van der Waals surface area contributed by atoms with Crippen LogP contribution in [-0.4, -0.2) is 55.8 Å². The fourth-order valence-corrected chi connectivity index (χ4v) is 4.51. The van der Waals surface area contributed by atoms with E-state index in [-0.39, 0.29) is 24.3 Å². The molecule has 1 saturated carbocycles. The Balaban J connectivity index is 1.63. The zero-order valence-electron chi connectivity index (χ0n) is 17.4. The highest BCUT2D eigenvalue weighted by Gasteiger charge is 2.52. The van der Waals surface area contributed by atoms with E-state index in [1.165, 1.54) is 29.2 Å². The van der Waals surface area contributed by atoms with Gasteiger partial charge < -0.3 is 19.5 Å². The van der Waals surface area contributed by atoms with Crippen molar-refractivity contribution in [3.8, 4) is 0 Å². The molecule has 11 heteroatoms. The Hall–Kier alpha value is -1.85. The molecule has 1 N–H and O–H groups in total. The van der Waals surface area contributed by atoms with E-state index in [9.17, 15) is 36.2 Å². The number of halogens is 6. The van der Waals surface area contributed by atoms with Gasteiger partial charge in [0.15, 0.2) is 6.10 Å². The summed E-state index contributed by atoms with van der Waals surface area (Å²) in [4.78, 5) is 14.6. The number of aliphatic hydroxyl groups is 1. The van der Waals surface area contributed by atoms with Crippen LogP contribution in [-0.2, 0) is 14.3 Å². The van der Waals surface area contributed by atoms with E-state index in [1.807, 2.05) is 0 Å². The van der Waals surface area contributed by atoms with Crippen LogP contribution in [0.1, 0.15) is 43.8 Å². The highest BCUT2D eigenvalue weighted by molar-refractivity contribution is 6.00. The van der Waals surface area contributed by atoms with Crippen molar-refractivity contribution in [3.05, 3.63) is 29.8 Å². The molecule has 2 fully saturated rings. The molecule has 1 heterocycles. The molecule has 1 saturated heterocycles. The van der Waals surface area contributed by atoms with E-state index in [0.717, 1.165) is 7.11 Å². The number of amides is 1. The first-order valence-electron chi connectivity index (χ1n) is 10.2. The van der Waals surface area contributed by atoms with Gasteiger partial charge in [0.1, 0.15) is 6.61 Å². The minimum Gasteiger partial charge on any atom is -0.387 e. The predicted octanol–water partition coefficient (Wildman–Crippen LogP) is 4.54. The van der Waals surface area contributed by atoms with Crippen molar-refractivity contribution in [2.24, 2.45) is 5.41 Å². The second kappa shape index (κ2) is 8.83. The lowest BCUT2D eigenvalue weighted by Crippen LogP contribution is -2.46. The van der Waals surface area contributed by atoms with Gasteiger partial charge in [0.05, 0.1) is 17.6 Å². The largest absolute Gasteiger partial charge is 0.418 e. The van der Waals surface area contributed by atoms with E-state index in [2.05, 4.69) is 9.47 Å². The first-order chi connectivity index (χ1) is 14.8. The molecule has 0 radical (unpaired) electrons. The van der Waals surface area contributed by atoms with E-state index in [1.54, 1.807) is 0 Å². The number of hydrogen-bond donors (Lipinski definition) is 1. The molecule has 180 valence electrons. The van der Waals surface area contributed by atoms with Crippen molar-refractivity contribution in [3.63, 3.8) is 0 Å². The Morgan fingerprint density at radius 1 is 1.03 bits per heavy atom. The summed E-state index contributed by atoms with van der Waals surface area (Å²) in [7, 11) is 0.970. The van der Waals surface area contributed by atoms with Crippen LogP contribution in [0.2, 0.25) is 0 Å². The van der Waals surface area contributed by atoms with Gasteiger partial charge >= 0.3 is 12.4 Å². The molecule has 1 amide bonds. The molecule has 32 heavy (non-hydrogen) atoms. The predicted molar refractivity (Wildman–Crippen MR) is 102 cm³/mol. The Labute approximate surface area is 181 Å². The van der Waals surface area contributed by atoms with Crippen LogP contribution in [0.15, 0.2) is 24.3 Å². The van der Waals surface area contributed by atoms with Gasteiger partial charge in [-0.05, 0) is 49.8 Å². The van der Waals surface area contributed by atoms with Gasteiger partial charge in [-0.1, -0.05) is 12.1 Å². The Morgan fingerprint density at radius 2 is 1.62 bits per heavy atom. The molecule has 1 atom stereocenters. The third kappa shape index (κ3) is 5.37. The summed E-state index contributed by atoms with van der Waals surface area (Å²) in [5.74, 6) is -0.192. The fourth-order valence-electron chi connectivity index (χ4n) is 4.51. The Morgan fingerprint density at radius 3 is 2.12 bits per heavy atom. The van der Waals surface area contributed by atoms with Gasteiger partial charge in [-0.15, -0.1) is 0 Å². The third-order valence-corrected chi connectivity index (χ3v) is 6.33. The highest BCUT2D eigenvalue weighted by atomic mass is 19.4. The average Bonchev–Trinajstić information content (AvgIpc) is 3.00. The van der Waals surface area contributed by atoms with Crippen molar-refractivity contribution in [2.45, 2.75) is 56.2 Å². The molecule has 3 rings (SSSR count). The fraction of sp³-hybridized carbons (Fsp3) is 0.667. The minimum atomic E-state index is -4.56. The van der Waals surface area contributed by atoms with Crippen LogP contribution in [0.5, 0.6) is 0 Å². The molecule has 5 nitrogen and oxygen atoms in total. The zero-order chi connectivity index (χ0) is 23.8. The third-order valence-electron chi connectivity index (χ3n) is 6.33. The molecular formula is C21H25F6NO4. The molecule has 1 aliphatic heterocycles. The summed E-state index contributed by atoms with van der Waals surface area (Å²) in [5, 5.41) is 10.5. The summed E-state index contributed by atoms with van der Waals surface area (Å²) < 4.78 is 85.0. The van der Waals surface area contributed by atoms with Gasteiger partial charge in [0.25, 0.3) is 0 Å². The van der Waals surface area contributed by atoms with E-state index in [0.29, 0.717) is 31.5 Å². The highest BCUT2D eigenvalue weighted by Crippen LogP contribution is 2.49. The van der Waals surface area contributed by atoms with Gasteiger partial charge in [-0.25, -0.2) is 0 Å². The number of nitrogens with zero attached hydrogens (tertiary/aromatic N) is 1. The molecular weight excluding hydrogens is 444 g/mol. The second-order valence-electron chi connectivity index (χ2n) is 8.57. The minimum absolute atomic E-state index is 0.0771. The number of methoxy groups -OCH3 is 1. The monoisotopic (exact) mass is 469 g/mol. The van der Waals surface area contributed by atoms with E-state index >= 15 is 0 Å². The second-order valence-corrected chi connectivity index (χ2v) is 8.57. The number of rotatable bonds is 6. The standard InChI is InChI=1S/C21H25F6NO4/c1-31-16(21(25,26)27)14-2-4-15(5-3-14)28-11-10-18(17(28)29)6-8-19(30,9-7-18)12-32-13-20(22,23)24/h2-5,16,30H,6-13H2,1H3/t16-,18-,19+/m1/s1. The SMILES string of the molecule is CO[C@H](c1ccc(N2CC[C@]3(CC[C@@](O)(COCC(F)(F)F)CC3)C2=O)cc1)C(F)(F)F. The maximum absolute atomic E-state index is 13.1. The quantitative estimate of drug-likeness (QED) is 0.622. The van der Waals surface area contributed by atoms with Crippen molar-refractivity contribution >= 4 is 11.6 Å². The van der Waals surface area contributed by atoms with Crippen LogP contribution >= 0.6 is 0 Å². The first-order valence-corrected chi connectivity index (χ1v) is 10.2. The summed E-state index contributed by atoms with van der Waals surface area (Å²) in [6.45, 7) is -1.53. The number of alkyl halides is 6. The molecule has 0 bridgehead atoms. The summed E-state index contributed by atoms with van der Waals surface area (Å²) in [5.41, 5.74) is -1.78. The summed E-state index contributed by atoms with van der Waals surface area (Å²) >= 11 is 0. The van der Waals surface area contributed by atoms with Gasteiger partial charge in [0, 0.05) is 19.3 Å². The maximum atomic E-state index is 13.1. The first kappa shape index (κ1) is 24.8. The van der Waals surface area contributed by atoms with Crippen molar-refractivity contribution in [2.75, 3.05) is 31.8 Å². The lowest BCUT2D eigenvalue weighted by molar-refractivity contribution is -0.216. The van der Waals surface area contributed by atoms with E-state index < -0.39 is 42.7 Å². The van der Waals surface area contributed by atoms with Crippen LogP contribution < -0.4 is 4.90 Å². The Kier molecular flexibility index (Phi) is 6.84. The lowest BCUT2D eigenvalue weighted by atomic mass is 9.68. The number of hydrogen-bond acceptors (Lipinski definition) is 4. The maximum Gasteiger partial charge on any atom is 0.418 e. The molecule has 2 aliphatic rings. The lowest BCUT2D eigenvalue weighted by Gasteiger charge is -2.40. The topological polar surface area (TPSA) is 59.0 Å². The van der Waals surface area contributed by atoms with Crippen LogP contribution in [0.3, 0.4) is 0 Å². The summed E-state index contributed by atoms with van der Waals surface area (Å²) in [6.07, 6.45) is -9.75. The molecule has 1 aromatic carbocycles. The number of anilines is 1. The smallest absolute Gasteiger partial charge is 0.387 e. The zero-order valence-corrected chi connectivity index (χ0v) is 17.4. The average molecular weight is 469 g/mol. The Bertz CT molecular complexity index is 800. The van der Waals surface area contributed by atoms with E-state index in [4.69, 9.17) is 0 Å². The van der Waals surface area contributed by atoms with Gasteiger partial charge in [-0.3, -0.25) is 4.79 Å². The number of ether oxygens (including phenoxy) is 2. The summed E-state index contributed by atoms with van der Waals surface area (Å²) in [6, 6.07) is 5.42.